The van der Waals surface area contributed by atoms with Crippen molar-refractivity contribution in [2.24, 2.45) is 4.99 Å². The van der Waals surface area contributed by atoms with Gasteiger partial charge in [0.05, 0.1) is 12.2 Å². The molecule has 2 heterocycles. The normalized spacial score (nSPS) is 16.2. The number of aromatic nitrogens is 1. The van der Waals surface area contributed by atoms with Crippen LogP contribution in [-0.4, -0.2) is 66.3 Å². The van der Waals surface area contributed by atoms with E-state index in [-0.39, 0.29) is 30.1 Å². The van der Waals surface area contributed by atoms with E-state index in [1.165, 1.54) is 5.56 Å². The lowest BCUT2D eigenvalue weighted by Gasteiger charge is -2.36. The van der Waals surface area contributed by atoms with Gasteiger partial charge in [-0.1, -0.05) is 22.9 Å². The van der Waals surface area contributed by atoms with Gasteiger partial charge in [-0.25, -0.2) is 4.99 Å². The maximum absolute atomic E-state index is 5.98. The highest BCUT2D eigenvalue weighted by Crippen LogP contribution is 2.13. The van der Waals surface area contributed by atoms with E-state index in [0.717, 1.165) is 56.7 Å². The quantitative estimate of drug-likeness (QED) is 0.349. The average molecular weight is 513 g/mol. The van der Waals surface area contributed by atoms with Gasteiger partial charge in [-0.2, -0.15) is 0 Å². The van der Waals surface area contributed by atoms with E-state index in [1.807, 2.05) is 18.2 Å². The van der Waals surface area contributed by atoms with Crippen LogP contribution in [0.15, 0.2) is 46.1 Å². The summed E-state index contributed by atoms with van der Waals surface area (Å²) in [7, 11) is 0. The lowest BCUT2D eigenvalue weighted by molar-refractivity contribution is 0.168. The van der Waals surface area contributed by atoms with Gasteiger partial charge in [0.15, 0.2) is 5.96 Å². The lowest BCUT2D eigenvalue weighted by Crippen LogP contribution is -2.52. The molecule has 3 rings (SSSR count). The summed E-state index contributed by atoms with van der Waals surface area (Å²) in [5.41, 5.74) is 2.21. The summed E-state index contributed by atoms with van der Waals surface area (Å²) in [6.45, 7) is 12.4. The fourth-order valence-electron chi connectivity index (χ4n) is 3.19. The van der Waals surface area contributed by atoms with E-state index in [4.69, 9.17) is 14.3 Å². The summed E-state index contributed by atoms with van der Waals surface area (Å²) in [5.74, 6) is 1.85. The second-order valence-electron chi connectivity index (χ2n) is 7.19. The first-order valence-corrected chi connectivity index (χ1v) is 10.0. The smallest absolute Gasteiger partial charge is 0.194 e. The predicted octanol–water partition coefficient (Wildman–Crippen LogP) is 3.15. The number of aliphatic imine (C=N–C) groups is 1. The average Bonchev–Trinajstić information content (AvgIpc) is 3.21. The van der Waals surface area contributed by atoms with Gasteiger partial charge in [0.25, 0.3) is 0 Å². The molecule has 0 amide bonds. The van der Waals surface area contributed by atoms with Gasteiger partial charge in [-0.15, -0.1) is 24.0 Å². The molecule has 1 aromatic heterocycles. The number of hydrogen-bond acceptors (Lipinski definition) is 5. The minimum absolute atomic E-state index is 0. The molecule has 1 aliphatic heterocycles. The number of benzene rings is 1. The highest BCUT2D eigenvalue weighted by molar-refractivity contribution is 14.0. The minimum atomic E-state index is 0. The first kappa shape index (κ1) is 23.5. The molecule has 1 aliphatic rings. The van der Waals surface area contributed by atoms with Gasteiger partial charge in [-0.05, 0) is 32.9 Å². The van der Waals surface area contributed by atoms with Gasteiger partial charge in [0.1, 0.15) is 18.1 Å². The standard InChI is InChI=1S/C21H31N5O2.HI/c1-4-22-21(23-15-18(3)28-20-7-5-17(2)6-8-20)26-12-10-25(11-13-26)16-19-9-14-27-24-19;/h5-9,14,18H,4,10-13,15-16H2,1-3H3,(H,22,23);1H. The number of guanidine groups is 1. The highest BCUT2D eigenvalue weighted by atomic mass is 127. The van der Waals surface area contributed by atoms with Gasteiger partial charge in [-0.3, -0.25) is 4.90 Å². The summed E-state index contributed by atoms with van der Waals surface area (Å²) in [6, 6.07) is 10.1. The monoisotopic (exact) mass is 513 g/mol. The van der Waals surface area contributed by atoms with Crippen LogP contribution in [0.25, 0.3) is 0 Å². The number of ether oxygens (including phenoxy) is 1. The molecule has 0 radical (unpaired) electrons. The number of hydrogen-bond donors (Lipinski definition) is 1. The van der Waals surface area contributed by atoms with Crippen LogP contribution < -0.4 is 10.1 Å². The van der Waals surface area contributed by atoms with Crippen LogP contribution in [0.1, 0.15) is 25.1 Å². The molecule has 2 aromatic rings. The number of nitrogens with zero attached hydrogens (tertiary/aromatic N) is 4. The highest BCUT2D eigenvalue weighted by Gasteiger charge is 2.20. The van der Waals surface area contributed by atoms with Crippen molar-refractivity contribution in [3.05, 3.63) is 47.9 Å². The molecule has 8 heteroatoms. The molecule has 7 nitrogen and oxygen atoms in total. The molecular weight excluding hydrogens is 481 g/mol. The van der Waals surface area contributed by atoms with Gasteiger partial charge >= 0.3 is 0 Å². The molecule has 0 bridgehead atoms. The van der Waals surface area contributed by atoms with Crippen molar-refractivity contribution in [3.8, 4) is 5.75 Å². The van der Waals surface area contributed by atoms with Crippen molar-refractivity contribution in [1.29, 1.82) is 0 Å². The number of rotatable bonds is 7. The van der Waals surface area contributed by atoms with Crippen LogP contribution in [0, 0.1) is 6.92 Å². The van der Waals surface area contributed by atoms with Crippen molar-refractivity contribution in [2.75, 3.05) is 39.3 Å². The Hall–Kier alpha value is -1.81. The Labute approximate surface area is 190 Å². The molecule has 1 N–H and O–H groups in total. The first-order chi connectivity index (χ1) is 13.6. The molecule has 29 heavy (non-hydrogen) atoms. The minimum Gasteiger partial charge on any atom is -0.489 e. The number of piperazine rings is 1. The van der Waals surface area contributed by atoms with E-state index in [2.05, 4.69) is 53.2 Å². The van der Waals surface area contributed by atoms with E-state index in [9.17, 15) is 0 Å². The van der Waals surface area contributed by atoms with Crippen LogP contribution in [0.4, 0.5) is 0 Å². The van der Waals surface area contributed by atoms with Gasteiger partial charge in [0, 0.05) is 45.3 Å². The summed E-state index contributed by atoms with van der Waals surface area (Å²) in [4.78, 5) is 9.52. The summed E-state index contributed by atoms with van der Waals surface area (Å²) >= 11 is 0. The van der Waals surface area contributed by atoms with E-state index >= 15 is 0 Å². The second kappa shape index (κ2) is 12.0. The molecule has 1 unspecified atom stereocenters. The maximum atomic E-state index is 5.98. The molecule has 1 atom stereocenters. The zero-order chi connectivity index (χ0) is 19.8. The van der Waals surface area contributed by atoms with Crippen molar-refractivity contribution >= 4 is 29.9 Å². The third kappa shape index (κ3) is 7.50. The van der Waals surface area contributed by atoms with Crippen molar-refractivity contribution in [3.63, 3.8) is 0 Å². The molecule has 0 aliphatic carbocycles. The Morgan fingerprint density at radius 1 is 1.21 bits per heavy atom. The van der Waals surface area contributed by atoms with Crippen molar-refractivity contribution in [2.45, 2.75) is 33.4 Å². The number of halogens is 1. The topological polar surface area (TPSA) is 66.1 Å². The summed E-state index contributed by atoms with van der Waals surface area (Å²) < 4.78 is 10.9. The third-order valence-corrected chi connectivity index (χ3v) is 4.74. The van der Waals surface area contributed by atoms with Crippen molar-refractivity contribution < 1.29 is 9.26 Å². The molecule has 1 fully saturated rings. The largest absolute Gasteiger partial charge is 0.489 e. The molecule has 1 aromatic carbocycles. The summed E-state index contributed by atoms with van der Waals surface area (Å²) in [6.07, 6.45) is 1.64. The predicted molar refractivity (Wildman–Crippen MR) is 126 cm³/mol. The van der Waals surface area contributed by atoms with Crippen LogP contribution in [0.5, 0.6) is 5.75 Å². The van der Waals surface area contributed by atoms with Gasteiger partial charge in [0.2, 0.25) is 0 Å². The maximum Gasteiger partial charge on any atom is 0.194 e. The van der Waals surface area contributed by atoms with E-state index in [0.29, 0.717) is 6.54 Å². The number of nitrogens with one attached hydrogen (secondary N) is 1. The molecule has 1 saturated heterocycles. The fraction of sp³-hybridized carbons (Fsp3) is 0.524. The zero-order valence-corrected chi connectivity index (χ0v) is 19.8. The molecular formula is C21H32IN5O2. The molecule has 0 saturated carbocycles. The third-order valence-electron chi connectivity index (χ3n) is 4.74. The first-order valence-electron chi connectivity index (χ1n) is 10.0. The van der Waals surface area contributed by atoms with Crippen molar-refractivity contribution in [1.82, 2.24) is 20.3 Å². The van der Waals surface area contributed by atoms with Crippen LogP contribution >= 0.6 is 24.0 Å². The fourth-order valence-corrected chi connectivity index (χ4v) is 3.19. The Balaban J connectivity index is 0.00000300. The Bertz CT molecular complexity index is 728. The molecule has 160 valence electrons. The van der Waals surface area contributed by atoms with Gasteiger partial charge < -0.3 is 19.5 Å². The molecule has 0 spiro atoms. The van der Waals surface area contributed by atoms with Crippen LogP contribution in [-0.2, 0) is 6.54 Å². The van der Waals surface area contributed by atoms with E-state index in [1.54, 1.807) is 6.26 Å². The Kier molecular flexibility index (Phi) is 9.72. The second-order valence-corrected chi connectivity index (χ2v) is 7.19. The van der Waals surface area contributed by atoms with E-state index < -0.39 is 0 Å². The Morgan fingerprint density at radius 3 is 2.55 bits per heavy atom. The zero-order valence-electron chi connectivity index (χ0n) is 17.5. The Morgan fingerprint density at radius 2 is 1.93 bits per heavy atom. The summed E-state index contributed by atoms with van der Waals surface area (Å²) in [5, 5.41) is 7.42. The lowest BCUT2D eigenvalue weighted by atomic mass is 10.2. The van der Waals surface area contributed by atoms with Crippen LogP contribution in [0.2, 0.25) is 0 Å². The number of aryl methyl sites for hydroxylation is 1. The SMILES string of the molecule is CCNC(=NCC(C)Oc1ccc(C)cc1)N1CCN(Cc2ccon2)CC1.I. The van der Waals surface area contributed by atoms with Crippen LogP contribution in [0.3, 0.4) is 0 Å².